The molecule has 1 saturated heterocycles. The Kier molecular flexibility index (Phi) is 4.82. The van der Waals surface area contributed by atoms with Crippen LogP contribution in [0, 0.1) is 17.8 Å². The van der Waals surface area contributed by atoms with Crippen LogP contribution >= 0.6 is 0 Å². The summed E-state index contributed by atoms with van der Waals surface area (Å²) < 4.78 is 28.4. The first kappa shape index (κ1) is 18.0. The summed E-state index contributed by atoms with van der Waals surface area (Å²) in [5.74, 6) is 1.93. The lowest BCUT2D eigenvalue weighted by Crippen LogP contribution is -2.40. The third kappa shape index (κ3) is 3.41. The fraction of sp³-hybridized carbons (Fsp3) is 0.650. The molecule has 5 nitrogen and oxygen atoms in total. The molecule has 4 atom stereocenters. The van der Waals surface area contributed by atoms with E-state index in [1.54, 1.807) is 24.3 Å². The van der Waals surface area contributed by atoms with E-state index in [9.17, 15) is 13.2 Å². The van der Waals surface area contributed by atoms with Gasteiger partial charge in [-0.25, -0.2) is 13.1 Å². The number of fused-ring (bicyclic) bond motifs is 2. The van der Waals surface area contributed by atoms with Gasteiger partial charge in [-0.05, 0) is 81.0 Å². The molecule has 1 heterocycles. The Labute approximate surface area is 156 Å². The predicted octanol–water partition coefficient (Wildman–Crippen LogP) is 3.03. The van der Waals surface area contributed by atoms with E-state index in [2.05, 4.69) is 4.72 Å². The second-order valence-electron chi connectivity index (χ2n) is 8.27. The zero-order chi connectivity index (χ0) is 18.3. The standard InChI is InChI=1S/C20H28N2O3S/c1-14(19-13-15-4-5-17(19)12-15)21-26(24,25)18-8-6-16(7-9-18)20(23)22-10-2-3-11-22/h6-9,14-15,17,19,21H,2-5,10-13H2,1H3/t14-,15-,17-,19-/m0/s1. The van der Waals surface area contributed by atoms with Crippen LogP contribution < -0.4 is 4.72 Å². The van der Waals surface area contributed by atoms with Crippen molar-refractivity contribution >= 4 is 15.9 Å². The van der Waals surface area contributed by atoms with E-state index in [4.69, 9.17) is 0 Å². The molecule has 1 N–H and O–H groups in total. The average Bonchev–Trinajstić information content (AvgIpc) is 3.38. The molecule has 2 saturated carbocycles. The molecule has 1 aliphatic heterocycles. The van der Waals surface area contributed by atoms with Crippen molar-refractivity contribution in [2.45, 2.75) is 56.4 Å². The fourth-order valence-electron chi connectivity index (χ4n) is 5.19. The van der Waals surface area contributed by atoms with E-state index in [1.165, 1.54) is 19.3 Å². The van der Waals surface area contributed by atoms with E-state index in [0.29, 0.717) is 17.4 Å². The number of rotatable bonds is 5. The van der Waals surface area contributed by atoms with Crippen molar-refractivity contribution in [2.75, 3.05) is 13.1 Å². The SMILES string of the molecule is C[C@H](NS(=O)(=O)c1ccc(C(=O)N2CCCC2)cc1)[C@@H]1C[C@H]2CC[C@H]1C2. The first-order valence-corrected chi connectivity index (χ1v) is 11.3. The molecular weight excluding hydrogens is 348 g/mol. The minimum absolute atomic E-state index is 0.00486. The molecule has 0 aromatic heterocycles. The average molecular weight is 377 g/mol. The number of amides is 1. The van der Waals surface area contributed by atoms with Crippen LogP contribution in [0.2, 0.25) is 0 Å². The highest BCUT2D eigenvalue weighted by molar-refractivity contribution is 7.89. The predicted molar refractivity (Wildman–Crippen MR) is 100 cm³/mol. The Morgan fingerprint density at radius 1 is 1.12 bits per heavy atom. The van der Waals surface area contributed by atoms with Gasteiger partial charge in [-0.15, -0.1) is 0 Å². The van der Waals surface area contributed by atoms with Crippen LogP contribution in [0.5, 0.6) is 0 Å². The molecule has 1 aromatic carbocycles. The van der Waals surface area contributed by atoms with E-state index >= 15 is 0 Å². The number of carbonyl (C=O) groups is 1. The van der Waals surface area contributed by atoms with Gasteiger partial charge in [0.2, 0.25) is 10.0 Å². The summed E-state index contributed by atoms with van der Waals surface area (Å²) in [6, 6.07) is 6.34. The van der Waals surface area contributed by atoms with Crippen LogP contribution in [-0.4, -0.2) is 38.4 Å². The lowest BCUT2D eigenvalue weighted by Gasteiger charge is -2.28. The van der Waals surface area contributed by atoms with E-state index < -0.39 is 10.0 Å². The molecule has 6 heteroatoms. The Hall–Kier alpha value is -1.40. The molecule has 3 aliphatic rings. The van der Waals surface area contributed by atoms with Gasteiger partial charge in [0.15, 0.2) is 0 Å². The Morgan fingerprint density at radius 2 is 1.81 bits per heavy atom. The first-order valence-electron chi connectivity index (χ1n) is 9.86. The van der Waals surface area contributed by atoms with Crippen LogP contribution in [0.4, 0.5) is 0 Å². The highest BCUT2D eigenvalue weighted by Gasteiger charge is 2.42. The molecule has 1 amide bonds. The van der Waals surface area contributed by atoms with Crippen molar-refractivity contribution < 1.29 is 13.2 Å². The van der Waals surface area contributed by atoms with Crippen LogP contribution in [0.1, 0.15) is 55.8 Å². The summed E-state index contributed by atoms with van der Waals surface area (Å²) >= 11 is 0. The normalized spacial score (nSPS) is 29.3. The first-order chi connectivity index (χ1) is 12.4. The summed E-state index contributed by atoms with van der Waals surface area (Å²) in [6.45, 7) is 3.58. The second-order valence-corrected chi connectivity index (χ2v) is 9.99. The van der Waals surface area contributed by atoms with Crippen LogP contribution in [-0.2, 0) is 10.0 Å². The molecule has 26 heavy (non-hydrogen) atoms. The number of sulfonamides is 1. The van der Waals surface area contributed by atoms with Gasteiger partial charge in [-0.1, -0.05) is 6.42 Å². The van der Waals surface area contributed by atoms with Crippen molar-refractivity contribution in [3.8, 4) is 0 Å². The molecule has 2 aliphatic carbocycles. The summed E-state index contributed by atoms with van der Waals surface area (Å²) in [5, 5.41) is 0. The van der Waals surface area contributed by atoms with E-state index in [1.807, 2.05) is 11.8 Å². The molecule has 0 radical (unpaired) electrons. The van der Waals surface area contributed by atoms with Crippen LogP contribution in [0.15, 0.2) is 29.2 Å². The van der Waals surface area contributed by atoms with Gasteiger partial charge in [0, 0.05) is 24.7 Å². The second kappa shape index (κ2) is 6.97. The topological polar surface area (TPSA) is 66.5 Å². The van der Waals surface area contributed by atoms with Crippen molar-refractivity contribution in [3.05, 3.63) is 29.8 Å². The Morgan fingerprint density at radius 3 is 2.38 bits per heavy atom. The number of hydrogen-bond acceptors (Lipinski definition) is 3. The number of carbonyl (C=O) groups excluding carboxylic acids is 1. The van der Waals surface area contributed by atoms with Gasteiger partial charge in [0.05, 0.1) is 4.90 Å². The molecule has 4 rings (SSSR count). The summed E-state index contributed by atoms with van der Waals surface area (Å²) in [6.07, 6.45) is 7.07. The highest BCUT2D eigenvalue weighted by Crippen LogP contribution is 2.49. The fourth-order valence-corrected chi connectivity index (χ4v) is 6.48. The van der Waals surface area contributed by atoms with Crippen LogP contribution in [0.25, 0.3) is 0 Å². The molecular formula is C20H28N2O3S. The summed E-state index contributed by atoms with van der Waals surface area (Å²) in [7, 11) is -3.55. The lowest BCUT2D eigenvalue weighted by atomic mass is 9.84. The molecule has 2 bridgehead atoms. The highest BCUT2D eigenvalue weighted by atomic mass is 32.2. The Bertz CT molecular complexity index is 769. The van der Waals surface area contributed by atoms with Gasteiger partial charge < -0.3 is 4.90 Å². The van der Waals surface area contributed by atoms with Gasteiger partial charge in [-0.2, -0.15) is 0 Å². The number of hydrogen-bond donors (Lipinski definition) is 1. The zero-order valence-electron chi connectivity index (χ0n) is 15.4. The minimum Gasteiger partial charge on any atom is -0.339 e. The number of likely N-dealkylation sites (tertiary alicyclic amines) is 1. The maximum Gasteiger partial charge on any atom is 0.253 e. The third-order valence-corrected chi connectivity index (χ3v) is 8.16. The van der Waals surface area contributed by atoms with Crippen molar-refractivity contribution in [2.24, 2.45) is 17.8 Å². The monoisotopic (exact) mass is 376 g/mol. The maximum absolute atomic E-state index is 12.7. The maximum atomic E-state index is 12.7. The van der Waals surface area contributed by atoms with Crippen molar-refractivity contribution in [1.82, 2.24) is 9.62 Å². The van der Waals surface area contributed by atoms with Gasteiger partial charge in [0.1, 0.15) is 0 Å². The summed E-state index contributed by atoms with van der Waals surface area (Å²) in [4.78, 5) is 14.5. The van der Waals surface area contributed by atoms with Gasteiger partial charge >= 0.3 is 0 Å². The molecule has 142 valence electrons. The molecule has 3 fully saturated rings. The molecule has 0 unspecified atom stereocenters. The number of benzene rings is 1. The number of nitrogens with zero attached hydrogens (tertiary/aromatic N) is 1. The summed E-state index contributed by atoms with van der Waals surface area (Å²) in [5.41, 5.74) is 0.562. The van der Waals surface area contributed by atoms with Gasteiger partial charge in [0.25, 0.3) is 5.91 Å². The van der Waals surface area contributed by atoms with Crippen molar-refractivity contribution in [3.63, 3.8) is 0 Å². The lowest BCUT2D eigenvalue weighted by molar-refractivity contribution is 0.0792. The van der Waals surface area contributed by atoms with E-state index in [0.717, 1.165) is 38.3 Å². The molecule has 0 spiro atoms. The van der Waals surface area contributed by atoms with E-state index in [-0.39, 0.29) is 16.8 Å². The number of nitrogens with one attached hydrogen (secondary N) is 1. The molecule has 1 aromatic rings. The largest absolute Gasteiger partial charge is 0.339 e. The third-order valence-electron chi connectivity index (χ3n) is 6.58. The van der Waals surface area contributed by atoms with Crippen LogP contribution in [0.3, 0.4) is 0 Å². The minimum atomic E-state index is -3.55. The Balaban J connectivity index is 1.43. The van der Waals surface area contributed by atoms with Gasteiger partial charge in [-0.3, -0.25) is 4.79 Å². The quantitative estimate of drug-likeness (QED) is 0.859. The zero-order valence-corrected chi connectivity index (χ0v) is 16.2. The smallest absolute Gasteiger partial charge is 0.253 e. The van der Waals surface area contributed by atoms with Crippen molar-refractivity contribution in [1.29, 1.82) is 0 Å².